The number of likely N-dealkylation sites (tertiary alicyclic amines) is 1. The SMILES string of the molecule is CCNC(=NCC1(C(=O)N(C)C)CCCC1)NCC1CCN(C2CC2)C1. The quantitative estimate of drug-likeness (QED) is 0.534. The van der Waals surface area contributed by atoms with E-state index in [9.17, 15) is 4.79 Å². The van der Waals surface area contributed by atoms with Crippen molar-refractivity contribution in [2.75, 3.05) is 46.8 Å². The summed E-state index contributed by atoms with van der Waals surface area (Å²) in [5.41, 5.74) is -0.290. The number of carbonyl (C=O) groups excluding carboxylic acids is 1. The number of amides is 1. The van der Waals surface area contributed by atoms with Gasteiger partial charge in [-0.1, -0.05) is 12.8 Å². The Hall–Kier alpha value is -1.30. The van der Waals surface area contributed by atoms with Crippen LogP contribution < -0.4 is 10.6 Å². The summed E-state index contributed by atoms with van der Waals surface area (Å²) < 4.78 is 0. The molecule has 2 aliphatic carbocycles. The van der Waals surface area contributed by atoms with Crippen molar-refractivity contribution in [1.29, 1.82) is 0 Å². The molecule has 1 heterocycles. The molecule has 6 heteroatoms. The Morgan fingerprint density at radius 3 is 2.54 bits per heavy atom. The van der Waals surface area contributed by atoms with Crippen LogP contribution in [0.2, 0.25) is 0 Å². The minimum absolute atomic E-state index is 0.241. The van der Waals surface area contributed by atoms with Crippen LogP contribution >= 0.6 is 0 Å². The van der Waals surface area contributed by atoms with Crippen molar-refractivity contribution in [1.82, 2.24) is 20.4 Å². The molecule has 0 radical (unpaired) electrons. The highest BCUT2D eigenvalue weighted by Gasteiger charge is 2.42. The zero-order valence-electron chi connectivity index (χ0n) is 16.9. The molecule has 1 saturated heterocycles. The highest BCUT2D eigenvalue weighted by molar-refractivity contribution is 5.84. The zero-order chi connectivity index (χ0) is 18.6. The molecule has 3 fully saturated rings. The summed E-state index contributed by atoms with van der Waals surface area (Å²) in [5, 5.41) is 6.90. The Kier molecular flexibility index (Phi) is 6.43. The van der Waals surface area contributed by atoms with Gasteiger partial charge in [0.15, 0.2) is 5.96 Å². The monoisotopic (exact) mass is 363 g/mol. The molecule has 0 aromatic carbocycles. The molecule has 3 rings (SSSR count). The lowest BCUT2D eigenvalue weighted by Gasteiger charge is -2.29. The molecule has 1 unspecified atom stereocenters. The normalized spacial score (nSPS) is 26.1. The third-order valence-corrected chi connectivity index (χ3v) is 6.24. The topological polar surface area (TPSA) is 60.0 Å². The first-order chi connectivity index (χ1) is 12.5. The van der Waals surface area contributed by atoms with Gasteiger partial charge < -0.3 is 20.4 Å². The van der Waals surface area contributed by atoms with Gasteiger partial charge in [0.1, 0.15) is 0 Å². The smallest absolute Gasteiger partial charge is 0.230 e. The molecule has 1 amide bonds. The summed E-state index contributed by atoms with van der Waals surface area (Å²) in [5.74, 6) is 1.82. The lowest BCUT2D eigenvalue weighted by atomic mass is 9.85. The van der Waals surface area contributed by atoms with Gasteiger partial charge in [-0.25, -0.2) is 0 Å². The van der Waals surface area contributed by atoms with E-state index in [4.69, 9.17) is 4.99 Å². The van der Waals surface area contributed by atoms with Crippen molar-refractivity contribution in [3.8, 4) is 0 Å². The highest BCUT2D eigenvalue weighted by Crippen LogP contribution is 2.39. The van der Waals surface area contributed by atoms with Gasteiger partial charge in [0.05, 0.1) is 12.0 Å². The average molecular weight is 364 g/mol. The summed E-state index contributed by atoms with van der Waals surface area (Å²) in [6.45, 7) is 6.99. The minimum atomic E-state index is -0.290. The molecule has 6 nitrogen and oxygen atoms in total. The standard InChI is InChI=1S/C20H37N5O/c1-4-21-19(22-13-16-9-12-25(14-16)17-7-8-17)23-15-20(10-5-6-11-20)18(26)24(2)3/h16-17H,4-15H2,1-3H3,(H2,21,22,23). The molecular weight excluding hydrogens is 326 g/mol. The Morgan fingerprint density at radius 2 is 1.92 bits per heavy atom. The van der Waals surface area contributed by atoms with Crippen LogP contribution in [0.25, 0.3) is 0 Å². The Morgan fingerprint density at radius 1 is 1.19 bits per heavy atom. The lowest BCUT2D eigenvalue weighted by molar-refractivity contribution is -0.138. The van der Waals surface area contributed by atoms with E-state index in [0.717, 1.165) is 50.8 Å². The maximum Gasteiger partial charge on any atom is 0.230 e. The van der Waals surface area contributed by atoms with Gasteiger partial charge in [0.2, 0.25) is 5.91 Å². The van der Waals surface area contributed by atoms with Crippen LogP contribution in [-0.4, -0.2) is 74.5 Å². The van der Waals surface area contributed by atoms with Crippen molar-refractivity contribution < 1.29 is 4.79 Å². The van der Waals surface area contributed by atoms with E-state index in [2.05, 4.69) is 22.5 Å². The summed E-state index contributed by atoms with van der Waals surface area (Å²) in [6.07, 6.45) is 8.28. The van der Waals surface area contributed by atoms with Crippen LogP contribution in [0, 0.1) is 11.3 Å². The fourth-order valence-corrected chi connectivity index (χ4v) is 4.58. The van der Waals surface area contributed by atoms with Gasteiger partial charge in [-0.15, -0.1) is 0 Å². The number of rotatable bonds is 7. The van der Waals surface area contributed by atoms with Gasteiger partial charge in [-0.05, 0) is 51.5 Å². The van der Waals surface area contributed by atoms with Crippen molar-refractivity contribution in [3.05, 3.63) is 0 Å². The van der Waals surface area contributed by atoms with Crippen LogP contribution in [0.3, 0.4) is 0 Å². The van der Waals surface area contributed by atoms with E-state index < -0.39 is 0 Å². The van der Waals surface area contributed by atoms with E-state index in [1.165, 1.54) is 32.4 Å². The fraction of sp³-hybridized carbons (Fsp3) is 0.900. The van der Waals surface area contributed by atoms with Crippen molar-refractivity contribution in [3.63, 3.8) is 0 Å². The van der Waals surface area contributed by atoms with Crippen molar-refractivity contribution in [2.24, 2.45) is 16.3 Å². The highest BCUT2D eigenvalue weighted by atomic mass is 16.2. The molecule has 1 aliphatic heterocycles. The number of carbonyl (C=O) groups is 1. The van der Waals surface area contributed by atoms with Gasteiger partial charge in [0, 0.05) is 39.8 Å². The summed E-state index contributed by atoms with van der Waals surface area (Å²) in [6, 6.07) is 0.876. The first-order valence-electron chi connectivity index (χ1n) is 10.5. The molecule has 26 heavy (non-hydrogen) atoms. The molecule has 2 N–H and O–H groups in total. The van der Waals surface area contributed by atoms with Gasteiger partial charge in [-0.3, -0.25) is 9.79 Å². The number of hydrogen-bond donors (Lipinski definition) is 2. The van der Waals surface area contributed by atoms with Crippen molar-refractivity contribution in [2.45, 2.75) is 57.9 Å². The molecule has 0 aromatic rings. The van der Waals surface area contributed by atoms with Crippen LogP contribution in [0.5, 0.6) is 0 Å². The Bertz CT molecular complexity index is 508. The average Bonchev–Trinajstić information content (AvgIpc) is 3.18. The number of hydrogen-bond acceptors (Lipinski definition) is 3. The van der Waals surface area contributed by atoms with E-state index in [0.29, 0.717) is 12.5 Å². The van der Waals surface area contributed by atoms with Gasteiger partial charge in [0.25, 0.3) is 0 Å². The molecule has 2 saturated carbocycles. The van der Waals surface area contributed by atoms with E-state index >= 15 is 0 Å². The van der Waals surface area contributed by atoms with Crippen LogP contribution in [0.1, 0.15) is 51.9 Å². The van der Waals surface area contributed by atoms with E-state index in [1.807, 2.05) is 14.1 Å². The third-order valence-electron chi connectivity index (χ3n) is 6.24. The second-order valence-electron chi connectivity index (χ2n) is 8.64. The number of guanidine groups is 1. The third kappa shape index (κ3) is 4.70. The van der Waals surface area contributed by atoms with Gasteiger partial charge in [-0.2, -0.15) is 0 Å². The second-order valence-corrected chi connectivity index (χ2v) is 8.64. The van der Waals surface area contributed by atoms with E-state index in [1.54, 1.807) is 4.90 Å². The molecule has 3 aliphatic rings. The van der Waals surface area contributed by atoms with Gasteiger partial charge >= 0.3 is 0 Å². The number of nitrogens with one attached hydrogen (secondary N) is 2. The predicted molar refractivity (Wildman–Crippen MR) is 106 cm³/mol. The molecule has 0 aromatic heterocycles. The van der Waals surface area contributed by atoms with Crippen LogP contribution in [0.15, 0.2) is 4.99 Å². The minimum Gasteiger partial charge on any atom is -0.357 e. The van der Waals surface area contributed by atoms with Crippen molar-refractivity contribution >= 4 is 11.9 Å². The number of nitrogens with zero attached hydrogens (tertiary/aromatic N) is 3. The molecular formula is C20H37N5O. The molecule has 1 atom stereocenters. The first-order valence-corrected chi connectivity index (χ1v) is 10.5. The second kappa shape index (κ2) is 8.59. The zero-order valence-corrected chi connectivity index (χ0v) is 16.9. The Labute approximate surface area is 158 Å². The van der Waals surface area contributed by atoms with E-state index in [-0.39, 0.29) is 11.3 Å². The summed E-state index contributed by atoms with van der Waals surface area (Å²) >= 11 is 0. The molecule has 0 bridgehead atoms. The van der Waals surface area contributed by atoms with Crippen LogP contribution in [0.4, 0.5) is 0 Å². The Balaban J connectivity index is 1.54. The van der Waals surface area contributed by atoms with Crippen LogP contribution in [-0.2, 0) is 4.79 Å². The maximum absolute atomic E-state index is 12.7. The summed E-state index contributed by atoms with van der Waals surface area (Å²) in [4.78, 5) is 21.9. The molecule has 0 spiro atoms. The first kappa shape index (κ1) is 19.5. The maximum atomic E-state index is 12.7. The number of aliphatic imine (C=N–C) groups is 1. The summed E-state index contributed by atoms with van der Waals surface area (Å²) in [7, 11) is 3.72. The lowest BCUT2D eigenvalue weighted by Crippen LogP contribution is -2.44. The fourth-order valence-electron chi connectivity index (χ4n) is 4.58. The largest absolute Gasteiger partial charge is 0.357 e. The molecule has 148 valence electrons. The predicted octanol–water partition coefficient (Wildman–Crippen LogP) is 1.67.